The quantitative estimate of drug-likeness (QED) is 0.814. The lowest BCUT2D eigenvalue weighted by molar-refractivity contribution is 0.201. The first kappa shape index (κ1) is 10.5. The van der Waals surface area contributed by atoms with Gasteiger partial charge in [-0.25, -0.2) is 0 Å². The van der Waals surface area contributed by atoms with E-state index in [0.29, 0.717) is 0 Å². The largest absolute Gasteiger partial charge is 0.487 e. The summed E-state index contributed by atoms with van der Waals surface area (Å²) in [6, 6.07) is 8.21. The molecule has 3 nitrogen and oxygen atoms in total. The summed E-state index contributed by atoms with van der Waals surface area (Å²) in [6.07, 6.45) is 3.12. The van der Waals surface area contributed by atoms with Crippen molar-refractivity contribution in [3.63, 3.8) is 0 Å². The number of hydrogen-bond donors (Lipinski definition) is 1. The molecule has 17 heavy (non-hydrogen) atoms. The predicted octanol–water partition coefficient (Wildman–Crippen LogP) is 2.50. The first-order valence-corrected chi connectivity index (χ1v) is 6.12. The lowest BCUT2D eigenvalue weighted by Crippen LogP contribution is -2.27. The Morgan fingerprint density at radius 3 is 3.18 bits per heavy atom. The Kier molecular flexibility index (Phi) is 2.69. The van der Waals surface area contributed by atoms with Gasteiger partial charge in [-0.3, -0.25) is 4.98 Å². The van der Waals surface area contributed by atoms with Crippen LogP contribution in [-0.4, -0.2) is 17.6 Å². The van der Waals surface area contributed by atoms with Crippen molar-refractivity contribution in [2.75, 3.05) is 6.54 Å². The van der Waals surface area contributed by atoms with Crippen molar-refractivity contribution < 1.29 is 4.74 Å². The van der Waals surface area contributed by atoms with E-state index in [9.17, 15) is 0 Å². The highest BCUT2D eigenvalue weighted by Crippen LogP contribution is 2.28. The molecular formula is C14H16N2O. The molecule has 0 amide bonds. The minimum absolute atomic E-state index is 0.249. The van der Waals surface area contributed by atoms with E-state index in [2.05, 4.69) is 23.3 Å². The fourth-order valence-corrected chi connectivity index (χ4v) is 2.27. The van der Waals surface area contributed by atoms with Crippen LogP contribution in [0.15, 0.2) is 30.5 Å². The number of rotatable bonds is 1. The summed E-state index contributed by atoms with van der Waals surface area (Å²) in [5.41, 5.74) is 2.26. The van der Waals surface area contributed by atoms with Gasteiger partial charge in [-0.2, -0.15) is 0 Å². The zero-order valence-electron chi connectivity index (χ0n) is 9.94. The molecule has 1 N–H and O–H groups in total. The number of para-hydroxylation sites is 1. The number of nitrogens with one attached hydrogen (secondary N) is 1. The lowest BCUT2D eigenvalue weighted by atomic mass is 10.1. The van der Waals surface area contributed by atoms with E-state index >= 15 is 0 Å². The molecule has 1 aromatic carbocycles. The molecule has 2 aromatic rings. The second-order valence-electron chi connectivity index (χ2n) is 4.40. The van der Waals surface area contributed by atoms with Gasteiger partial charge in [-0.15, -0.1) is 0 Å². The van der Waals surface area contributed by atoms with Crippen molar-refractivity contribution >= 4 is 10.9 Å². The zero-order chi connectivity index (χ0) is 11.7. The van der Waals surface area contributed by atoms with Crippen LogP contribution in [-0.2, 0) is 6.54 Å². The van der Waals surface area contributed by atoms with E-state index in [1.54, 1.807) is 0 Å². The molecular weight excluding hydrogens is 212 g/mol. The van der Waals surface area contributed by atoms with Gasteiger partial charge in [0.15, 0.2) is 0 Å². The number of fused-ring (bicyclic) bond motifs is 3. The second kappa shape index (κ2) is 4.34. The zero-order valence-corrected chi connectivity index (χ0v) is 9.94. The van der Waals surface area contributed by atoms with Crippen LogP contribution in [0.2, 0.25) is 0 Å². The van der Waals surface area contributed by atoms with E-state index in [4.69, 9.17) is 4.74 Å². The van der Waals surface area contributed by atoms with Crippen molar-refractivity contribution in [1.29, 1.82) is 0 Å². The standard InChI is InChI=1S/C14H16N2O/c1-2-10-7-15-8-12-11-5-3-4-6-13(11)16-9-14(12)17-10/h3-6,9-10,15H,2,7-8H2,1H3/t10-/m1/s1. The minimum atomic E-state index is 0.249. The Bertz CT molecular complexity index is 539. The summed E-state index contributed by atoms with van der Waals surface area (Å²) in [5.74, 6) is 0.931. The molecule has 0 saturated heterocycles. The second-order valence-corrected chi connectivity index (χ2v) is 4.40. The number of aromatic nitrogens is 1. The Balaban J connectivity index is 2.13. The molecule has 0 unspecified atom stereocenters. The molecule has 0 saturated carbocycles. The molecule has 1 aromatic heterocycles. The number of ether oxygens (including phenoxy) is 1. The first-order valence-electron chi connectivity index (χ1n) is 6.12. The van der Waals surface area contributed by atoms with Crippen LogP contribution in [0, 0.1) is 0 Å². The summed E-state index contributed by atoms with van der Waals surface area (Å²) >= 11 is 0. The van der Waals surface area contributed by atoms with Crippen molar-refractivity contribution in [3.05, 3.63) is 36.0 Å². The van der Waals surface area contributed by atoms with E-state index < -0.39 is 0 Å². The Labute approximate surface area is 101 Å². The highest BCUT2D eigenvalue weighted by molar-refractivity contribution is 5.84. The number of pyridine rings is 1. The van der Waals surface area contributed by atoms with Gasteiger partial charge >= 0.3 is 0 Å². The molecule has 3 heteroatoms. The van der Waals surface area contributed by atoms with Gasteiger partial charge in [0.1, 0.15) is 11.9 Å². The molecule has 88 valence electrons. The maximum Gasteiger partial charge on any atom is 0.143 e. The van der Waals surface area contributed by atoms with Gasteiger partial charge in [0.2, 0.25) is 0 Å². The van der Waals surface area contributed by atoms with Crippen molar-refractivity contribution in [1.82, 2.24) is 10.3 Å². The van der Waals surface area contributed by atoms with Gasteiger partial charge in [0.25, 0.3) is 0 Å². The Hall–Kier alpha value is -1.61. The molecule has 3 rings (SSSR count). The topological polar surface area (TPSA) is 34.2 Å². The highest BCUT2D eigenvalue weighted by Gasteiger charge is 2.17. The monoisotopic (exact) mass is 228 g/mol. The molecule has 2 heterocycles. The molecule has 0 bridgehead atoms. The van der Waals surface area contributed by atoms with Gasteiger partial charge in [0, 0.05) is 24.0 Å². The highest BCUT2D eigenvalue weighted by atomic mass is 16.5. The average Bonchev–Trinajstić information content (AvgIpc) is 2.60. The van der Waals surface area contributed by atoms with Gasteiger partial charge in [-0.05, 0) is 12.5 Å². The van der Waals surface area contributed by atoms with Crippen LogP contribution in [0.25, 0.3) is 10.9 Å². The van der Waals surface area contributed by atoms with E-state index in [-0.39, 0.29) is 6.10 Å². The summed E-state index contributed by atoms with van der Waals surface area (Å²) in [4.78, 5) is 4.45. The Morgan fingerprint density at radius 1 is 1.41 bits per heavy atom. The van der Waals surface area contributed by atoms with Crippen LogP contribution in [0.4, 0.5) is 0 Å². The minimum Gasteiger partial charge on any atom is -0.487 e. The fraction of sp³-hybridized carbons (Fsp3) is 0.357. The number of benzene rings is 1. The molecule has 1 atom stereocenters. The lowest BCUT2D eigenvalue weighted by Gasteiger charge is -2.15. The molecule has 0 radical (unpaired) electrons. The van der Waals surface area contributed by atoms with Crippen LogP contribution < -0.4 is 10.1 Å². The van der Waals surface area contributed by atoms with Crippen molar-refractivity contribution in [2.24, 2.45) is 0 Å². The van der Waals surface area contributed by atoms with E-state index in [0.717, 1.165) is 30.8 Å². The predicted molar refractivity (Wildman–Crippen MR) is 68.2 cm³/mol. The normalized spacial score (nSPS) is 19.5. The van der Waals surface area contributed by atoms with Gasteiger partial charge in [-0.1, -0.05) is 25.1 Å². The first-order chi connectivity index (χ1) is 8.38. The third kappa shape index (κ3) is 1.87. The fourth-order valence-electron chi connectivity index (χ4n) is 2.27. The van der Waals surface area contributed by atoms with Crippen LogP contribution in [0.3, 0.4) is 0 Å². The van der Waals surface area contributed by atoms with Crippen LogP contribution in [0.1, 0.15) is 18.9 Å². The number of nitrogens with zero attached hydrogens (tertiary/aromatic N) is 1. The maximum atomic E-state index is 5.99. The summed E-state index contributed by atoms with van der Waals surface area (Å²) in [6.45, 7) is 3.90. The van der Waals surface area contributed by atoms with Crippen molar-refractivity contribution in [2.45, 2.75) is 26.0 Å². The molecule has 0 aliphatic carbocycles. The van der Waals surface area contributed by atoms with Crippen LogP contribution in [0.5, 0.6) is 5.75 Å². The third-order valence-corrected chi connectivity index (χ3v) is 3.27. The molecule has 0 fully saturated rings. The van der Waals surface area contributed by atoms with E-state index in [1.807, 2.05) is 24.4 Å². The number of hydrogen-bond acceptors (Lipinski definition) is 3. The summed E-state index contributed by atoms with van der Waals surface area (Å²) in [5, 5.41) is 4.63. The molecule has 1 aliphatic heterocycles. The average molecular weight is 228 g/mol. The SMILES string of the molecule is CC[C@@H]1CNCc2c(cnc3ccccc23)O1. The van der Waals surface area contributed by atoms with Crippen LogP contribution >= 0.6 is 0 Å². The smallest absolute Gasteiger partial charge is 0.143 e. The maximum absolute atomic E-state index is 5.99. The summed E-state index contributed by atoms with van der Waals surface area (Å²) in [7, 11) is 0. The van der Waals surface area contributed by atoms with Gasteiger partial charge in [0.05, 0.1) is 11.7 Å². The molecule has 0 spiro atoms. The molecule has 1 aliphatic rings. The summed E-state index contributed by atoms with van der Waals surface area (Å²) < 4.78 is 5.99. The van der Waals surface area contributed by atoms with Crippen molar-refractivity contribution in [3.8, 4) is 5.75 Å². The van der Waals surface area contributed by atoms with Gasteiger partial charge < -0.3 is 10.1 Å². The van der Waals surface area contributed by atoms with E-state index in [1.165, 1.54) is 10.9 Å². The Morgan fingerprint density at radius 2 is 2.29 bits per heavy atom. The third-order valence-electron chi connectivity index (χ3n) is 3.27.